The van der Waals surface area contributed by atoms with Gasteiger partial charge in [-0.1, -0.05) is 19.1 Å². The fourth-order valence-electron chi connectivity index (χ4n) is 2.18. The van der Waals surface area contributed by atoms with Crippen LogP contribution in [0.15, 0.2) is 30.5 Å². The Morgan fingerprint density at radius 2 is 1.88 bits per heavy atom. The Kier molecular flexibility index (Phi) is 5.73. The van der Waals surface area contributed by atoms with E-state index in [2.05, 4.69) is 17.3 Å². The van der Waals surface area contributed by atoms with Crippen molar-refractivity contribution in [2.75, 3.05) is 5.32 Å². The van der Waals surface area contributed by atoms with Crippen LogP contribution in [0.4, 0.5) is 5.69 Å². The molecule has 0 aliphatic carbocycles. The van der Waals surface area contributed by atoms with Crippen LogP contribution in [0.2, 0.25) is 0 Å². The molecule has 1 heterocycles. The van der Waals surface area contributed by atoms with Gasteiger partial charge in [-0.25, -0.2) is 4.79 Å². The normalized spacial score (nSPS) is 10.7. The fourth-order valence-corrected chi connectivity index (χ4v) is 2.18. The van der Waals surface area contributed by atoms with E-state index >= 15 is 0 Å². The Morgan fingerprint density at radius 3 is 2.42 bits per heavy atom. The van der Waals surface area contributed by atoms with Crippen LogP contribution in [0.3, 0.4) is 0 Å². The Morgan fingerprint density at radius 1 is 1.21 bits per heavy atom. The van der Waals surface area contributed by atoms with Crippen molar-refractivity contribution in [1.29, 1.82) is 0 Å². The smallest absolute Gasteiger partial charge is 0.361 e. The molecule has 6 heteroatoms. The number of nitrogens with zero attached hydrogens (tertiary/aromatic N) is 2. The minimum atomic E-state index is -0.547. The van der Waals surface area contributed by atoms with Crippen molar-refractivity contribution in [3.8, 4) is 0 Å². The monoisotopic (exact) mass is 329 g/mol. The van der Waals surface area contributed by atoms with Gasteiger partial charge in [0.05, 0.1) is 11.8 Å². The second-order valence-electron chi connectivity index (χ2n) is 5.71. The molecule has 0 aliphatic heterocycles. The average molecular weight is 329 g/mol. The molecule has 128 valence electrons. The van der Waals surface area contributed by atoms with Gasteiger partial charge in [0.1, 0.15) is 0 Å². The van der Waals surface area contributed by atoms with Gasteiger partial charge in [0, 0.05) is 18.3 Å². The first-order valence-electron chi connectivity index (χ1n) is 8.13. The van der Waals surface area contributed by atoms with Gasteiger partial charge < -0.3 is 10.1 Å². The molecule has 0 radical (unpaired) electrons. The van der Waals surface area contributed by atoms with Crippen LogP contribution in [0.1, 0.15) is 54.1 Å². The molecule has 0 aliphatic rings. The highest BCUT2D eigenvalue weighted by atomic mass is 16.5. The van der Waals surface area contributed by atoms with Crippen LogP contribution in [0.5, 0.6) is 0 Å². The van der Waals surface area contributed by atoms with Crippen molar-refractivity contribution in [3.05, 3.63) is 47.3 Å². The minimum absolute atomic E-state index is 0.115. The number of esters is 1. The van der Waals surface area contributed by atoms with Crippen molar-refractivity contribution in [1.82, 2.24) is 9.78 Å². The molecule has 0 unspecified atom stereocenters. The third-order valence-corrected chi connectivity index (χ3v) is 3.49. The van der Waals surface area contributed by atoms with E-state index in [4.69, 9.17) is 4.74 Å². The number of hydrogen-bond acceptors (Lipinski definition) is 4. The van der Waals surface area contributed by atoms with E-state index in [1.54, 1.807) is 36.9 Å². The third-order valence-electron chi connectivity index (χ3n) is 3.49. The van der Waals surface area contributed by atoms with Crippen LogP contribution in [-0.4, -0.2) is 27.8 Å². The summed E-state index contributed by atoms with van der Waals surface area (Å²) in [6.45, 7) is 8.08. The van der Waals surface area contributed by atoms with Gasteiger partial charge in [0.2, 0.25) is 0 Å². The zero-order chi connectivity index (χ0) is 17.7. The van der Waals surface area contributed by atoms with Crippen LogP contribution < -0.4 is 5.32 Å². The zero-order valence-corrected chi connectivity index (χ0v) is 14.5. The van der Waals surface area contributed by atoms with Crippen molar-refractivity contribution in [2.24, 2.45) is 0 Å². The number of rotatable bonds is 6. The summed E-state index contributed by atoms with van der Waals surface area (Å²) in [6, 6.07) is 7.37. The van der Waals surface area contributed by atoms with E-state index in [-0.39, 0.29) is 17.7 Å². The van der Waals surface area contributed by atoms with Crippen LogP contribution >= 0.6 is 0 Å². The van der Waals surface area contributed by atoms with Gasteiger partial charge in [-0.05, 0) is 44.9 Å². The molecular weight excluding hydrogens is 306 g/mol. The maximum atomic E-state index is 12.4. The average Bonchev–Trinajstić information content (AvgIpc) is 2.97. The quantitative estimate of drug-likeness (QED) is 0.825. The lowest BCUT2D eigenvalue weighted by molar-refractivity contribution is 0.0371. The van der Waals surface area contributed by atoms with Gasteiger partial charge in [0.25, 0.3) is 5.91 Å². The first-order valence-corrected chi connectivity index (χ1v) is 8.13. The molecule has 1 N–H and O–H groups in total. The van der Waals surface area contributed by atoms with E-state index in [0.29, 0.717) is 17.8 Å². The highest BCUT2D eigenvalue weighted by Crippen LogP contribution is 2.17. The Bertz CT molecular complexity index is 718. The summed E-state index contributed by atoms with van der Waals surface area (Å²) in [6.07, 6.45) is 2.29. The van der Waals surface area contributed by atoms with E-state index < -0.39 is 5.97 Å². The number of benzene rings is 1. The zero-order valence-electron chi connectivity index (χ0n) is 14.5. The molecule has 6 nitrogen and oxygen atoms in total. The van der Waals surface area contributed by atoms with Crippen molar-refractivity contribution >= 4 is 17.6 Å². The number of hydrogen-bond donors (Lipinski definition) is 1. The number of amides is 1. The molecule has 1 amide bonds. The van der Waals surface area contributed by atoms with Crippen LogP contribution in [0, 0.1) is 0 Å². The number of aryl methyl sites for hydroxylation is 2. The lowest BCUT2D eigenvalue weighted by Gasteiger charge is -2.08. The Labute approximate surface area is 141 Å². The largest absolute Gasteiger partial charge is 0.458 e. The molecule has 2 rings (SSSR count). The van der Waals surface area contributed by atoms with E-state index in [0.717, 1.165) is 12.0 Å². The summed E-state index contributed by atoms with van der Waals surface area (Å²) in [7, 11) is 0. The molecule has 1 aromatic heterocycles. The molecule has 0 fully saturated rings. The van der Waals surface area contributed by atoms with Gasteiger partial charge >= 0.3 is 5.97 Å². The fraction of sp³-hybridized carbons (Fsp3) is 0.389. The summed E-state index contributed by atoms with van der Waals surface area (Å²) in [5.41, 5.74) is 2.15. The van der Waals surface area contributed by atoms with Crippen LogP contribution in [-0.2, 0) is 17.7 Å². The maximum absolute atomic E-state index is 12.4. The number of nitrogens with one attached hydrogen (secondary N) is 1. The Balaban J connectivity index is 2.22. The molecule has 0 saturated heterocycles. The summed E-state index contributed by atoms with van der Waals surface area (Å²) in [5, 5.41) is 6.93. The summed E-state index contributed by atoms with van der Waals surface area (Å²) in [4.78, 5) is 24.6. The molecule has 24 heavy (non-hydrogen) atoms. The predicted molar refractivity (Wildman–Crippen MR) is 92.2 cm³/mol. The molecule has 2 aromatic rings. The molecular formula is C18H23N3O3. The molecule has 0 spiro atoms. The number of aromatic nitrogens is 2. The van der Waals surface area contributed by atoms with Crippen molar-refractivity contribution < 1.29 is 14.3 Å². The van der Waals surface area contributed by atoms with Crippen molar-refractivity contribution in [2.45, 2.75) is 46.8 Å². The van der Waals surface area contributed by atoms with Gasteiger partial charge in [0.15, 0.2) is 5.69 Å². The summed E-state index contributed by atoms with van der Waals surface area (Å²) >= 11 is 0. The highest BCUT2D eigenvalue weighted by molar-refractivity contribution is 6.07. The SMILES string of the molecule is CCc1ccc(C(=O)Nc2cn(CC)nc2C(=O)OC(C)C)cc1. The maximum Gasteiger partial charge on any atom is 0.361 e. The van der Waals surface area contributed by atoms with Gasteiger partial charge in [-0.15, -0.1) is 0 Å². The van der Waals surface area contributed by atoms with Gasteiger partial charge in [-0.3, -0.25) is 9.48 Å². The number of carbonyl (C=O) groups excluding carboxylic acids is 2. The predicted octanol–water partition coefficient (Wildman–Crippen LogP) is 3.28. The lowest BCUT2D eigenvalue weighted by atomic mass is 10.1. The van der Waals surface area contributed by atoms with E-state index in [1.165, 1.54) is 0 Å². The third kappa shape index (κ3) is 4.22. The summed E-state index contributed by atoms with van der Waals surface area (Å²) in [5.74, 6) is -0.833. The number of ether oxygens (including phenoxy) is 1. The molecule has 1 aromatic carbocycles. The van der Waals surface area contributed by atoms with Gasteiger partial charge in [-0.2, -0.15) is 5.10 Å². The first kappa shape index (κ1) is 17.7. The minimum Gasteiger partial charge on any atom is -0.458 e. The highest BCUT2D eigenvalue weighted by Gasteiger charge is 2.21. The molecule has 0 saturated carbocycles. The first-order chi connectivity index (χ1) is 11.4. The van der Waals surface area contributed by atoms with E-state index in [1.807, 2.05) is 19.1 Å². The Hall–Kier alpha value is -2.63. The molecule has 0 bridgehead atoms. The second kappa shape index (κ2) is 7.77. The topological polar surface area (TPSA) is 73.2 Å². The van der Waals surface area contributed by atoms with Crippen LogP contribution in [0.25, 0.3) is 0 Å². The molecule has 0 atom stereocenters. The van der Waals surface area contributed by atoms with E-state index in [9.17, 15) is 9.59 Å². The lowest BCUT2D eigenvalue weighted by Crippen LogP contribution is -2.17. The standard InChI is InChI=1S/C18H23N3O3/c1-5-13-7-9-14(10-8-13)17(22)19-15-11-21(6-2)20-16(15)18(23)24-12(3)4/h7-12H,5-6H2,1-4H3,(H,19,22). The second-order valence-corrected chi connectivity index (χ2v) is 5.71. The van der Waals surface area contributed by atoms with Crippen molar-refractivity contribution in [3.63, 3.8) is 0 Å². The summed E-state index contributed by atoms with van der Waals surface area (Å²) < 4.78 is 6.78. The number of carbonyl (C=O) groups is 2. The number of anilines is 1.